The summed E-state index contributed by atoms with van der Waals surface area (Å²) < 4.78 is 10.8. The first-order chi connectivity index (χ1) is 11.5. The highest BCUT2D eigenvalue weighted by Gasteiger charge is 2.17. The number of esters is 1. The van der Waals surface area contributed by atoms with E-state index in [1.807, 2.05) is 6.92 Å². The van der Waals surface area contributed by atoms with Gasteiger partial charge in [-0.15, -0.1) is 0 Å². The Morgan fingerprint density at radius 2 is 2.08 bits per heavy atom. The van der Waals surface area contributed by atoms with Crippen LogP contribution in [0.2, 0.25) is 5.02 Å². The van der Waals surface area contributed by atoms with Crippen LogP contribution in [-0.2, 0) is 9.47 Å². The standard InChI is InChI=1S/C16H18ClN3O4/c1-10(9-23-2)19-12-8-18-20(15(21)14(12)17)13-7-5-4-6-11(13)16(22)24-3/h4-8,10,19H,9H2,1-3H3/t10-/m0/s1. The SMILES string of the molecule is COC[C@H](C)Nc1cnn(-c2ccccc2C(=O)OC)c(=O)c1Cl. The highest BCUT2D eigenvalue weighted by atomic mass is 35.5. The molecule has 2 rings (SSSR count). The molecule has 0 spiro atoms. The average molecular weight is 352 g/mol. The number of nitrogens with zero attached hydrogens (tertiary/aromatic N) is 2. The molecule has 1 heterocycles. The fourth-order valence-corrected chi connectivity index (χ4v) is 2.39. The molecule has 0 bridgehead atoms. The molecule has 0 saturated heterocycles. The minimum atomic E-state index is -0.564. The van der Waals surface area contributed by atoms with E-state index in [4.69, 9.17) is 21.1 Å². The third kappa shape index (κ3) is 3.74. The Bertz CT molecular complexity index is 791. The van der Waals surface area contributed by atoms with Gasteiger partial charge in [0.2, 0.25) is 0 Å². The molecule has 8 heteroatoms. The van der Waals surface area contributed by atoms with Crippen molar-refractivity contribution in [3.63, 3.8) is 0 Å². The lowest BCUT2D eigenvalue weighted by molar-refractivity contribution is 0.0600. The summed E-state index contributed by atoms with van der Waals surface area (Å²) in [4.78, 5) is 24.4. The highest BCUT2D eigenvalue weighted by molar-refractivity contribution is 6.33. The van der Waals surface area contributed by atoms with E-state index in [2.05, 4.69) is 10.4 Å². The number of halogens is 1. The van der Waals surface area contributed by atoms with Crippen LogP contribution in [0, 0.1) is 0 Å². The summed E-state index contributed by atoms with van der Waals surface area (Å²) in [5.41, 5.74) is 0.382. The second-order valence-electron chi connectivity index (χ2n) is 5.10. The molecule has 0 saturated carbocycles. The Kier molecular flexibility index (Phi) is 5.94. The normalized spacial score (nSPS) is 11.8. The first-order valence-corrected chi connectivity index (χ1v) is 7.58. The van der Waals surface area contributed by atoms with Gasteiger partial charge in [-0.3, -0.25) is 4.79 Å². The largest absolute Gasteiger partial charge is 0.465 e. The van der Waals surface area contributed by atoms with Crippen molar-refractivity contribution in [3.05, 3.63) is 51.4 Å². The zero-order chi connectivity index (χ0) is 17.7. The first kappa shape index (κ1) is 18.0. The average Bonchev–Trinajstić information content (AvgIpc) is 2.59. The number of anilines is 1. The minimum Gasteiger partial charge on any atom is -0.465 e. The molecule has 0 unspecified atom stereocenters. The summed E-state index contributed by atoms with van der Waals surface area (Å²) >= 11 is 6.17. The number of carbonyl (C=O) groups is 1. The van der Waals surface area contributed by atoms with Gasteiger partial charge in [0.1, 0.15) is 5.02 Å². The number of ether oxygens (including phenoxy) is 2. The molecule has 128 valence electrons. The molecule has 2 aromatic rings. The highest BCUT2D eigenvalue weighted by Crippen LogP contribution is 2.19. The topological polar surface area (TPSA) is 82.4 Å². The molecule has 0 aliphatic heterocycles. The molecule has 1 aromatic carbocycles. The number of hydrogen-bond acceptors (Lipinski definition) is 6. The van der Waals surface area contributed by atoms with Gasteiger partial charge in [-0.2, -0.15) is 9.78 Å². The lowest BCUT2D eigenvalue weighted by Crippen LogP contribution is -2.27. The van der Waals surface area contributed by atoms with Crippen LogP contribution in [0.3, 0.4) is 0 Å². The molecular weight excluding hydrogens is 334 g/mol. The zero-order valence-electron chi connectivity index (χ0n) is 13.6. The van der Waals surface area contributed by atoms with E-state index in [9.17, 15) is 9.59 Å². The van der Waals surface area contributed by atoms with Gasteiger partial charge in [-0.25, -0.2) is 4.79 Å². The van der Waals surface area contributed by atoms with Crippen molar-refractivity contribution < 1.29 is 14.3 Å². The molecule has 7 nitrogen and oxygen atoms in total. The number of rotatable bonds is 6. The quantitative estimate of drug-likeness (QED) is 0.803. The zero-order valence-corrected chi connectivity index (χ0v) is 14.3. The predicted octanol–water partition coefficient (Wildman–Crippen LogP) is 2.12. The first-order valence-electron chi connectivity index (χ1n) is 7.20. The number of para-hydroxylation sites is 1. The second kappa shape index (κ2) is 7.94. The van der Waals surface area contributed by atoms with Gasteiger partial charge in [0.25, 0.3) is 5.56 Å². The van der Waals surface area contributed by atoms with Crippen LogP contribution in [0.15, 0.2) is 35.3 Å². The fraction of sp³-hybridized carbons (Fsp3) is 0.312. The second-order valence-corrected chi connectivity index (χ2v) is 5.48. The lowest BCUT2D eigenvalue weighted by Gasteiger charge is -2.16. The van der Waals surface area contributed by atoms with E-state index in [0.717, 1.165) is 4.68 Å². The van der Waals surface area contributed by atoms with E-state index in [1.54, 1.807) is 31.4 Å². The van der Waals surface area contributed by atoms with E-state index >= 15 is 0 Å². The fourth-order valence-electron chi connectivity index (χ4n) is 2.20. The molecule has 0 radical (unpaired) electrons. The molecular formula is C16H18ClN3O4. The molecule has 0 fully saturated rings. The molecule has 0 amide bonds. The Morgan fingerprint density at radius 1 is 1.38 bits per heavy atom. The van der Waals surface area contributed by atoms with Gasteiger partial charge in [0, 0.05) is 13.2 Å². The Morgan fingerprint density at radius 3 is 2.75 bits per heavy atom. The summed E-state index contributed by atoms with van der Waals surface area (Å²) in [6.45, 7) is 2.34. The lowest BCUT2D eigenvalue weighted by atomic mass is 10.2. The number of benzene rings is 1. The number of carbonyl (C=O) groups excluding carboxylic acids is 1. The van der Waals surface area contributed by atoms with Crippen LogP contribution in [-0.4, -0.2) is 42.6 Å². The van der Waals surface area contributed by atoms with Crippen molar-refractivity contribution in [3.8, 4) is 5.69 Å². The van der Waals surface area contributed by atoms with Crippen LogP contribution in [0.4, 0.5) is 5.69 Å². The number of nitrogens with one attached hydrogen (secondary N) is 1. The van der Waals surface area contributed by atoms with Crippen molar-refractivity contribution >= 4 is 23.3 Å². The van der Waals surface area contributed by atoms with Crippen molar-refractivity contribution in [2.75, 3.05) is 26.1 Å². The van der Waals surface area contributed by atoms with Gasteiger partial charge in [-0.1, -0.05) is 23.7 Å². The molecule has 1 aromatic heterocycles. The molecule has 0 aliphatic rings. The van der Waals surface area contributed by atoms with Crippen molar-refractivity contribution in [2.45, 2.75) is 13.0 Å². The Labute approximate surface area is 144 Å². The van der Waals surface area contributed by atoms with E-state index < -0.39 is 11.5 Å². The number of hydrogen-bond donors (Lipinski definition) is 1. The summed E-state index contributed by atoms with van der Waals surface area (Å²) in [6.07, 6.45) is 1.43. The maximum atomic E-state index is 12.5. The van der Waals surface area contributed by atoms with E-state index in [0.29, 0.717) is 18.0 Å². The molecule has 24 heavy (non-hydrogen) atoms. The number of aromatic nitrogens is 2. The minimum absolute atomic E-state index is 0.0207. The number of methoxy groups -OCH3 is 2. The molecule has 1 atom stereocenters. The van der Waals surface area contributed by atoms with Crippen LogP contribution in [0.1, 0.15) is 17.3 Å². The maximum Gasteiger partial charge on any atom is 0.340 e. The Hall–Kier alpha value is -2.38. The van der Waals surface area contributed by atoms with Crippen molar-refractivity contribution in [1.29, 1.82) is 0 Å². The Balaban J connectivity index is 2.46. The van der Waals surface area contributed by atoms with Gasteiger partial charge in [0.15, 0.2) is 0 Å². The van der Waals surface area contributed by atoms with Crippen LogP contribution >= 0.6 is 11.6 Å². The van der Waals surface area contributed by atoms with E-state index in [-0.39, 0.29) is 16.6 Å². The van der Waals surface area contributed by atoms with Crippen molar-refractivity contribution in [2.24, 2.45) is 0 Å². The monoisotopic (exact) mass is 351 g/mol. The van der Waals surface area contributed by atoms with Crippen LogP contribution in [0.5, 0.6) is 0 Å². The molecule has 0 aliphatic carbocycles. The summed E-state index contributed by atoms with van der Waals surface area (Å²) in [6, 6.07) is 6.46. The van der Waals surface area contributed by atoms with Gasteiger partial charge in [-0.05, 0) is 19.1 Å². The summed E-state index contributed by atoms with van der Waals surface area (Å²) in [5.74, 6) is -0.564. The van der Waals surface area contributed by atoms with E-state index in [1.165, 1.54) is 13.3 Å². The van der Waals surface area contributed by atoms with Gasteiger partial charge < -0.3 is 14.8 Å². The maximum absolute atomic E-state index is 12.5. The predicted molar refractivity (Wildman–Crippen MR) is 91.1 cm³/mol. The van der Waals surface area contributed by atoms with Gasteiger partial charge in [0.05, 0.1) is 36.9 Å². The third-order valence-corrected chi connectivity index (χ3v) is 3.64. The summed E-state index contributed by atoms with van der Waals surface area (Å²) in [7, 11) is 2.85. The third-order valence-electron chi connectivity index (χ3n) is 3.28. The van der Waals surface area contributed by atoms with Gasteiger partial charge >= 0.3 is 5.97 Å². The molecule has 1 N–H and O–H groups in total. The van der Waals surface area contributed by atoms with Crippen LogP contribution in [0.25, 0.3) is 5.69 Å². The smallest absolute Gasteiger partial charge is 0.340 e. The summed E-state index contributed by atoms with van der Waals surface area (Å²) in [5, 5.41) is 7.14. The van der Waals surface area contributed by atoms with Crippen molar-refractivity contribution in [1.82, 2.24) is 9.78 Å². The van der Waals surface area contributed by atoms with Crippen LogP contribution < -0.4 is 10.9 Å².